The lowest BCUT2D eigenvalue weighted by Crippen LogP contribution is -2.10. The number of rotatable bonds is 4. The van der Waals surface area contributed by atoms with E-state index in [1.54, 1.807) is 0 Å². The molecule has 0 spiro atoms. The largest absolute Gasteiger partial charge is 0.310 e. The van der Waals surface area contributed by atoms with Crippen molar-refractivity contribution in [1.29, 1.82) is 0 Å². The number of anilines is 3. The summed E-state index contributed by atoms with van der Waals surface area (Å²) in [5, 5.41) is 7.86. The van der Waals surface area contributed by atoms with E-state index in [4.69, 9.17) is 0 Å². The molecule has 0 fully saturated rings. The Morgan fingerprint density at radius 1 is 0.395 bits per heavy atom. The van der Waals surface area contributed by atoms with Gasteiger partial charge < -0.3 is 4.90 Å². The Labute approximate surface area is 257 Å². The lowest BCUT2D eigenvalue weighted by Gasteiger charge is -2.26. The van der Waals surface area contributed by atoms with Gasteiger partial charge in [-0.3, -0.25) is 0 Å². The summed E-state index contributed by atoms with van der Waals surface area (Å²) in [6, 6.07) is 55.4. The highest BCUT2D eigenvalue weighted by Crippen LogP contribution is 2.45. The van der Waals surface area contributed by atoms with Crippen molar-refractivity contribution in [2.45, 2.75) is 0 Å². The first-order valence-electron chi connectivity index (χ1n) is 14.5. The van der Waals surface area contributed by atoms with E-state index in [-0.39, 0.29) is 0 Å². The fourth-order valence-electron chi connectivity index (χ4n) is 6.49. The fraction of sp³-hybridized carbons (Fsp3) is 0. The van der Waals surface area contributed by atoms with Gasteiger partial charge in [0.15, 0.2) is 0 Å². The molecule has 0 aliphatic carbocycles. The third-order valence-electron chi connectivity index (χ3n) is 8.45. The van der Waals surface area contributed by atoms with Gasteiger partial charge >= 0.3 is 0 Å². The van der Waals surface area contributed by atoms with Gasteiger partial charge in [0.25, 0.3) is 0 Å². The molecule has 3 heteroatoms. The fourth-order valence-corrected chi connectivity index (χ4v) is 8.74. The standard InChI is InChI=1S/C40H25NS2/c1-2-11-28(12-3-1)41(35-16-9-19-38-40(35)32-14-5-7-18-37(32)42-38)29-22-20-26(21-23-29)30-15-8-10-27-24-34-31-13-4-6-17-36(31)43-39(34)25-33(27)30/h1-25H. The molecule has 2 heterocycles. The van der Waals surface area contributed by atoms with E-state index in [0.717, 1.165) is 11.4 Å². The minimum absolute atomic E-state index is 1.14. The molecule has 202 valence electrons. The molecule has 0 saturated heterocycles. The van der Waals surface area contributed by atoms with Gasteiger partial charge in [-0.25, -0.2) is 0 Å². The highest BCUT2D eigenvalue weighted by Gasteiger charge is 2.18. The Morgan fingerprint density at radius 2 is 1.05 bits per heavy atom. The molecule has 43 heavy (non-hydrogen) atoms. The molecular weight excluding hydrogens is 559 g/mol. The molecule has 0 bridgehead atoms. The molecule has 9 aromatic rings. The summed E-state index contributed by atoms with van der Waals surface area (Å²) in [5.74, 6) is 0. The summed E-state index contributed by atoms with van der Waals surface area (Å²) in [4.78, 5) is 2.40. The van der Waals surface area contributed by atoms with Gasteiger partial charge in [-0.15, -0.1) is 22.7 Å². The Hall–Kier alpha value is -4.96. The van der Waals surface area contributed by atoms with E-state index in [2.05, 4.69) is 157 Å². The average Bonchev–Trinajstić information content (AvgIpc) is 3.63. The number of nitrogens with zero attached hydrogens (tertiary/aromatic N) is 1. The average molecular weight is 584 g/mol. The lowest BCUT2D eigenvalue weighted by atomic mass is 9.96. The van der Waals surface area contributed by atoms with Crippen molar-refractivity contribution >= 4 is 90.9 Å². The molecule has 0 unspecified atom stereocenters. The number of para-hydroxylation sites is 1. The van der Waals surface area contributed by atoms with Crippen molar-refractivity contribution in [1.82, 2.24) is 0 Å². The number of benzene rings is 7. The third-order valence-corrected chi connectivity index (χ3v) is 10.7. The van der Waals surface area contributed by atoms with Gasteiger partial charge in [0.1, 0.15) is 0 Å². The molecule has 0 aliphatic heterocycles. The number of hydrogen-bond donors (Lipinski definition) is 0. The van der Waals surface area contributed by atoms with Crippen LogP contribution in [0.2, 0.25) is 0 Å². The second kappa shape index (κ2) is 9.81. The highest BCUT2D eigenvalue weighted by atomic mass is 32.1. The molecule has 0 radical (unpaired) electrons. The van der Waals surface area contributed by atoms with Gasteiger partial charge in [-0.1, -0.05) is 91.0 Å². The van der Waals surface area contributed by atoms with Gasteiger partial charge in [-0.2, -0.15) is 0 Å². The number of thiophene rings is 2. The van der Waals surface area contributed by atoms with Crippen LogP contribution in [-0.4, -0.2) is 0 Å². The van der Waals surface area contributed by atoms with Crippen molar-refractivity contribution in [3.63, 3.8) is 0 Å². The van der Waals surface area contributed by atoms with Crippen molar-refractivity contribution in [3.8, 4) is 11.1 Å². The number of fused-ring (bicyclic) bond motifs is 7. The molecule has 0 N–H and O–H groups in total. The van der Waals surface area contributed by atoms with Crippen molar-refractivity contribution in [3.05, 3.63) is 152 Å². The zero-order valence-corrected chi connectivity index (χ0v) is 24.8. The molecule has 7 aromatic carbocycles. The zero-order valence-electron chi connectivity index (χ0n) is 23.2. The Bertz CT molecular complexity index is 2450. The maximum Gasteiger partial charge on any atom is 0.0554 e. The zero-order chi connectivity index (χ0) is 28.3. The van der Waals surface area contributed by atoms with Crippen LogP contribution in [0.15, 0.2) is 152 Å². The van der Waals surface area contributed by atoms with Crippen LogP contribution in [0.4, 0.5) is 17.1 Å². The first-order valence-corrected chi connectivity index (χ1v) is 16.1. The van der Waals surface area contributed by atoms with Gasteiger partial charge in [0.05, 0.1) is 5.69 Å². The van der Waals surface area contributed by atoms with E-state index in [9.17, 15) is 0 Å². The van der Waals surface area contributed by atoms with Crippen LogP contribution in [0.1, 0.15) is 0 Å². The van der Waals surface area contributed by atoms with Crippen LogP contribution in [-0.2, 0) is 0 Å². The normalized spacial score (nSPS) is 11.7. The van der Waals surface area contributed by atoms with Crippen LogP contribution >= 0.6 is 22.7 Å². The predicted octanol–water partition coefficient (Wildman–Crippen LogP) is 12.7. The molecule has 0 atom stereocenters. The second-order valence-corrected chi connectivity index (χ2v) is 13.1. The molecule has 0 aliphatic rings. The summed E-state index contributed by atoms with van der Waals surface area (Å²) in [6.45, 7) is 0. The molecule has 2 aromatic heterocycles. The van der Waals surface area contributed by atoms with Gasteiger partial charge in [-0.05, 0) is 82.6 Å². The smallest absolute Gasteiger partial charge is 0.0554 e. The second-order valence-electron chi connectivity index (χ2n) is 10.9. The summed E-state index contributed by atoms with van der Waals surface area (Å²) >= 11 is 3.74. The van der Waals surface area contributed by atoms with E-state index in [1.165, 1.54) is 67.9 Å². The topological polar surface area (TPSA) is 3.24 Å². The molecular formula is C40H25NS2. The van der Waals surface area contributed by atoms with E-state index in [1.807, 2.05) is 22.7 Å². The lowest BCUT2D eigenvalue weighted by molar-refractivity contribution is 1.30. The maximum absolute atomic E-state index is 2.40. The molecule has 1 nitrogen and oxygen atoms in total. The summed E-state index contributed by atoms with van der Waals surface area (Å²) in [6.07, 6.45) is 0. The van der Waals surface area contributed by atoms with Crippen molar-refractivity contribution in [2.24, 2.45) is 0 Å². The van der Waals surface area contributed by atoms with Gasteiger partial charge in [0.2, 0.25) is 0 Å². The van der Waals surface area contributed by atoms with Crippen LogP contribution in [0.5, 0.6) is 0 Å². The number of hydrogen-bond acceptors (Lipinski definition) is 3. The summed E-state index contributed by atoms with van der Waals surface area (Å²) in [5.41, 5.74) is 5.98. The predicted molar refractivity (Wildman–Crippen MR) is 190 cm³/mol. The van der Waals surface area contributed by atoms with Crippen LogP contribution in [0.25, 0.3) is 62.2 Å². The molecule has 9 rings (SSSR count). The first kappa shape index (κ1) is 24.6. The monoisotopic (exact) mass is 583 g/mol. The Balaban J connectivity index is 1.20. The minimum atomic E-state index is 1.14. The third kappa shape index (κ3) is 3.97. The van der Waals surface area contributed by atoms with Crippen LogP contribution < -0.4 is 4.90 Å². The van der Waals surface area contributed by atoms with Crippen molar-refractivity contribution < 1.29 is 0 Å². The first-order chi connectivity index (χ1) is 21.3. The Kier molecular flexibility index (Phi) is 5.62. The maximum atomic E-state index is 2.40. The van der Waals surface area contributed by atoms with Crippen LogP contribution in [0, 0.1) is 0 Å². The van der Waals surface area contributed by atoms with E-state index < -0.39 is 0 Å². The summed E-state index contributed by atoms with van der Waals surface area (Å²) < 4.78 is 5.30. The molecule has 0 amide bonds. The van der Waals surface area contributed by atoms with Gasteiger partial charge in [0, 0.05) is 51.7 Å². The molecule has 0 saturated carbocycles. The minimum Gasteiger partial charge on any atom is -0.310 e. The quantitative estimate of drug-likeness (QED) is 0.199. The van der Waals surface area contributed by atoms with Crippen molar-refractivity contribution in [2.75, 3.05) is 4.90 Å². The Morgan fingerprint density at radius 3 is 1.88 bits per heavy atom. The highest BCUT2D eigenvalue weighted by molar-refractivity contribution is 7.26. The van der Waals surface area contributed by atoms with E-state index >= 15 is 0 Å². The van der Waals surface area contributed by atoms with E-state index in [0.29, 0.717) is 0 Å². The SMILES string of the molecule is c1ccc(N(c2ccc(-c3cccc4cc5c(cc34)sc3ccccc35)cc2)c2cccc3sc4ccccc4c23)cc1. The van der Waals surface area contributed by atoms with Crippen LogP contribution in [0.3, 0.4) is 0 Å². The summed E-state index contributed by atoms with van der Waals surface area (Å²) in [7, 11) is 0.